The second-order valence-corrected chi connectivity index (χ2v) is 7.91. The van der Waals surface area contributed by atoms with Crippen molar-refractivity contribution in [1.29, 1.82) is 0 Å². The SMILES string of the molecule is CSc1ccccc1NC(=O)[C@@H](C)NS(=O)(=O)c1ccc(C)cc1. The number of hydrogen-bond donors (Lipinski definition) is 2. The Hall–Kier alpha value is -1.83. The molecule has 0 aliphatic heterocycles. The van der Waals surface area contributed by atoms with Gasteiger partial charge >= 0.3 is 0 Å². The van der Waals surface area contributed by atoms with E-state index < -0.39 is 22.0 Å². The number of carbonyl (C=O) groups is 1. The normalized spacial score (nSPS) is 12.6. The van der Waals surface area contributed by atoms with Gasteiger partial charge in [-0.1, -0.05) is 29.8 Å². The fraction of sp³-hybridized carbons (Fsp3) is 0.235. The quantitative estimate of drug-likeness (QED) is 0.773. The van der Waals surface area contributed by atoms with Crippen molar-refractivity contribution in [3.8, 4) is 0 Å². The molecule has 0 aliphatic rings. The van der Waals surface area contributed by atoms with E-state index in [0.29, 0.717) is 5.69 Å². The molecule has 0 aliphatic carbocycles. The number of para-hydroxylation sites is 1. The zero-order valence-electron chi connectivity index (χ0n) is 13.7. The lowest BCUT2D eigenvalue weighted by atomic mass is 10.2. The summed E-state index contributed by atoms with van der Waals surface area (Å²) in [7, 11) is -3.75. The van der Waals surface area contributed by atoms with Crippen LogP contribution in [0.4, 0.5) is 5.69 Å². The molecule has 0 aromatic heterocycles. The molecule has 0 bridgehead atoms. The molecule has 0 saturated carbocycles. The van der Waals surface area contributed by atoms with E-state index in [1.54, 1.807) is 18.2 Å². The van der Waals surface area contributed by atoms with Crippen molar-refractivity contribution >= 4 is 33.4 Å². The largest absolute Gasteiger partial charge is 0.324 e. The highest BCUT2D eigenvalue weighted by Gasteiger charge is 2.22. The van der Waals surface area contributed by atoms with Crippen LogP contribution in [0.3, 0.4) is 0 Å². The number of benzene rings is 2. The monoisotopic (exact) mass is 364 g/mol. The van der Waals surface area contributed by atoms with Gasteiger partial charge in [0.05, 0.1) is 16.6 Å². The van der Waals surface area contributed by atoms with E-state index in [4.69, 9.17) is 0 Å². The molecule has 0 saturated heterocycles. The fourth-order valence-electron chi connectivity index (χ4n) is 2.06. The Morgan fingerprint density at radius 2 is 1.71 bits per heavy atom. The third-order valence-electron chi connectivity index (χ3n) is 3.42. The first-order valence-electron chi connectivity index (χ1n) is 7.36. The Morgan fingerprint density at radius 3 is 2.33 bits per heavy atom. The highest BCUT2D eigenvalue weighted by Crippen LogP contribution is 2.24. The third kappa shape index (κ3) is 4.59. The second kappa shape index (κ2) is 7.83. The highest BCUT2D eigenvalue weighted by atomic mass is 32.2. The number of aryl methyl sites for hydroxylation is 1. The van der Waals surface area contributed by atoms with Crippen LogP contribution in [0, 0.1) is 6.92 Å². The van der Waals surface area contributed by atoms with Crippen LogP contribution in [-0.4, -0.2) is 26.6 Å². The Kier molecular flexibility index (Phi) is 6.04. The van der Waals surface area contributed by atoms with Crippen molar-refractivity contribution in [2.24, 2.45) is 0 Å². The Labute approximate surface area is 146 Å². The summed E-state index contributed by atoms with van der Waals surface area (Å²) in [5, 5.41) is 2.76. The van der Waals surface area contributed by atoms with Gasteiger partial charge in [-0.2, -0.15) is 4.72 Å². The average molecular weight is 364 g/mol. The number of amides is 1. The van der Waals surface area contributed by atoms with Crippen LogP contribution in [0.25, 0.3) is 0 Å². The van der Waals surface area contributed by atoms with Crippen LogP contribution in [0.5, 0.6) is 0 Å². The van der Waals surface area contributed by atoms with Crippen LogP contribution in [0.1, 0.15) is 12.5 Å². The van der Waals surface area contributed by atoms with Gasteiger partial charge < -0.3 is 5.32 Å². The summed E-state index contributed by atoms with van der Waals surface area (Å²) >= 11 is 1.51. The topological polar surface area (TPSA) is 75.3 Å². The Morgan fingerprint density at radius 1 is 1.08 bits per heavy atom. The maximum Gasteiger partial charge on any atom is 0.242 e. The fourth-order valence-corrected chi connectivity index (χ4v) is 3.82. The molecule has 2 N–H and O–H groups in total. The first-order valence-corrected chi connectivity index (χ1v) is 10.1. The van der Waals surface area contributed by atoms with E-state index in [-0.39, 0.29) is 4.90 Å². The molecule has 5 nitrogen and oxygen atoms in total. The number of rotatable bonds is 6. The lowest BCUT2D eigenvalue weighted by Gasteiger charge is -2.16. The molecule has 0 spiro atoms. The first-order chi connectivity index (χ1) is 11.3. The third-order valence-corrected chi connectivity index (χ3v) is 5.77. The van der Waals surface area contributed by atoms with Crippen LogP contribution in [0.2, 0.25) is 0 Å². The smallest absolute Gasteiger partial charge is 0.242 e. The minimum absolute atomic E-state index is 0.136. The van der Waals surface area contributed by atoms with Gasteiger partial charge in [-0.05, 0) is 44.4 Å². The van der Waals surface area contributed by atoms with Gasteiger partial charge in [0.15, 0.2) is 0 Å². The molecule has 24 heavy (non-hydrogen) atoms. The summed E-state index contributed by atoms with van der Waals surface area (Å²) < 4.78 is 27.1. The van der Waals surface area contributed by atoms with Crippen molar-refractivity contribution in [3.63, 3.8) is 0 Å². The molecular weight excluding hydrogens is 344 g/mol. The molecule has 7 heteroatoms. The van der Waals surface area contributed by atoms with Crippen LogP contribution in [-0.2, 0) is 14.8 Å². The van der Waals surface area contributed by atoms with Gasteiger partial charge in [-0.25, -0.2) is 8.42 Å². The van der Waals surface area contributed by atoms with Crippen LogP contribution < -0.4 is 10.0 Å². The molecule has 0 heterocycles. The zero-order valence-corrected chi connectivity index (χ0v) is 15.4. The lowest BCUT2D eigenvalue weighted by Crippen LogP contribution is -2.41. The lowest BCUT2D eigenvalue weighted by molar-refractivity contribution is -0.117. The van der Waals surface area contributed by atoms with Crippen molar-refractivity contribution in [2.45, 2.75) is 29.7 Å². The molecule has 2 rings (SSSR count). The number of anilines is 1. The molecule has 0 unspecified atom stereocenters. The van der Waals surface area contributed by atoms with E-state index >= 15 is 0 Å². The summed E-state index contributed by atoms with van der Waals surface area (Å²) in [6.07, 6.45) is 1.91. The maximum absolute atomic E-state index is 12.3. The standard InChI is InChI=1S/C17H20N2O3S2/c1-12-8-10-14(11-9-12)24(21,22)19-13(2)17(20)18-15-6-4-5-7-16(15)23-3/h4-11,13,19H,1-3H3,(H,18,20)/t13-/m1/s1. The van der Waals surface area contributed by atoms with Gasteiger partial charge in [-0.3, -0.25) is 4.79 Å². The van der Waals surface area contributed by atoms with Crippen molar-refractivity contribution in [3.05, 3.63) is 54.1 Å². The zero-order chi connectivity index (χ0) is 17.7. The predicted molar refractivity (Wildman–Crippen MR) is 97.8 cm³/mol. The van der Waals surface area contributed by atoms with E-state index in [1.165, 1.54) is 30.8 Å². The summed E-state index contributed by atoms with van der Waals surface area (Å²) in [4.78, 5) is 13.3. The van der Waals surface area contributed by atoms with Crippen molar-refractivity contribution in [2.75, 3.05) is 11.6 Å². The molecule has 128 valence electrons. The van der Waals surface area contributed by atoms with Crippen molar-refractivity contribution in [1.82, 2.24) is 4.72 Å². The summed E-state index contributed by atoms with van der Waals surface area (Å²) in [6, 6.07) is 12.9. The molecule has 2 aromatic rings. The Balaban J connectivity index is 2.09. The van der Waals surface area contributed by atoms with E-state index in [1.807, 2.05) is 31.4 Å². The Bertz CT molecular complexity index is 818. The number of hydrogen-bond acceptors (Lipinski definition) is 4. The number of sulfonamides is 1. The predicted octanol–water partition coefficient (Wildman–Crippen LogP) is 3.02. The molecule has 0 radical (unpaired) electrons. The molecule has 1 atom stereocenters. The molecule has 0 fully saturated rings. The summed E-state index contributed by atoms with van der Waals surface area (Å²) in [6.45, 7) is 3.39. The van der Waals surface area contributed by atoms with Crippen molar-refractivity contribution < 1.29 is 13.2 Å². The van der Waals surface area contributed by atoms with Gasteiger partial charge in [0, 0.05) is 4.90 Å². The number of nitrogens with one attached hydrogen (secondary N) is 2. The van der Waals surface area contributed by atoms with Crippen LogP contribution >= 0.6 is 11.8 Å². The van der Waals surface area contributed by atoms with E-state index in [9.17, 15) is 13.2 Å². The minimum Gasteiger partial charge on any atom is -0.324 e. The highest BCUT2D eigenvalue weighted by molar-refractivity contribution is 7.98. The van der Waals surface area contributed by atoms with Gasteiger partial charge in [0.25, 0.3) is 0 Å². The van der Waals surface area contributed by atoms with Gasteiger partial charge in [0.2, 0.25) is 15.9 Å². The van der Waals surface area contributed by atoms with E-state index in [0.717, 1.165) is 10.5 Å². The molecule has 1 amide bonds. The van der Waals surface area contributed by atoms with Gasteiger partial charge in [-0.15, -0.1) is 11.8 Å². The van der Waals surface area contributed by atoms with Crippen LogP contribution in [0.15, 0.2) is 58.3 Å². The number of thioether (sulfide) groups is 1. The second-order valence-electron chi connectivity index (χ2n) is 5.35. The van der Waals surface area contributed by atoms with Gasteiger partial charge in [0.1, 0.15) is 0 Å². The number of carbonyl (C=O) groups excluding carboxylic acids is 1. The molecular formula is C17H20N2O3S2. The summed E-state index contributed by atoms with van der Waals surface area (Å²) in [5.74, 6) is -0.410. The average Bonchev–Trinajstić information content (AvgIpc) is 2.55. The minimum atomic E-state index is -3.75. The first kappa shape index (κ1) is 18.5. The van der Waals surface area contributed by atoms with E-state index in [2.05, 4.69) is 10.0 Å². The molecule has 2 aromatic carbocycles. The maximum atomic E-state index is 12.3. The summed E-state index contributed by atoms with van der Waals surface area (Å²) in [5.41, 5.74) is 1.63.